The van der Waals surface area contributed by atoms with Crippen LogP contribution in [0, 0.1) is 6.57 Å². The van der Waals surface area contributed by atoms with Crippen LogP contribution in [0.25, 0.3) is 26.4 Å². The third-order valence-electron chi connectivity index (χ3n) is 5.75. The highest BCUT2D eigenvalue weighted by Gasteiger charge is 2.54. The Labute approximate surface area is 192 Å². The molecule has 174 valence electrons. The third kappa shape index (κ3) is 3.95. The van der Waals surface area contributed by atoms with Crippen LogP contribution in [0.3, 0.4) is 0 Å². The molecule has 2 aromatic heterocycles. The number of fused-ring (bicyclic) bond motifs is 1. The van der Waals surface area contributed by atoms with Crippen LogP contribution in [-0.4, -0.2) is 60.2 Å². The van der Waals surface area contributed by atoms with Crippen LogP contribution < -0.4 is 14.9 Å². The van der Waals surface area contributed by atoms with E-state index in [9.17, 15) is 17.2 Å². The van der Waals surface area contributed by atoms with Crippen molar-refractivity contribution in [3.63, 3.8) is 0 Å². The lowest BCUT2D eigenvalue weighted by molar-refractivity contribution is 0.150. The zero-order valence-electron chi connectivity index (χ0n) is 17.5. The van der Waals surface area contributed by atoms with Crippen molar-refractivity contribution in [3.05, 3.63) is 28.6 Å². The van der Waals surface area contributed by atoms with Gasteiger partial charge in [0, 0.05) is 38.6 Å². The Hall–Kier alpha value is -2.73. The summed E-state index contributed by atoms with van der Waals surface area (Å²) in [5.41, 5.74) is 0.538. The van der Waals surface area contributed by atoms with Gasteiger partial charge in [0.2, 0.25) is 10.0 Å². The number of piperazine rings is 1. The number of nitrogens with zero attached hydrogens (tertiary/aromatic N) is 6. The van der Waals surface area contributed by atoms with Crippen LogP contribution >= 0.6 is 11.3 Å². The number of aromatic nitrogens is 4. The van der Waals surface area contributed by atoms with Crippen LogP contribution in [0.2, 0.25) is 0 Å². The first-order valence-electron chi connectivity index (χ1n) is 10.2. The second kappa shape index (κ2) is 7.94. The van der Waals surface area contributed by atoms with Crippen LogP contribution in [0.5, 0.6) is 0 Å². The Bertz CT molecular complexity index is 1370. The number of rotatable bonds is 6. The standard InChI is InChI=1S/C19H20F2N8O2S2/c1-22-19(3-4-19)27-33(30,31)11-9-12-14(17-24-25-18(32-17)16(20)21)26-28(2)15(12)13(10-11)29-7-5-23-6-8-29/h9-10,16,23,27H,3-8H2,2H3. The summed E-state index contributed by atoms with van der Waals surface area (Å²) < 4.78 is 56.8. The maximum atomic E-state index is 13.2. The molecule has 2 aliphatic rings. The molecule has 3 heterocycles. The summed E-state index contributed by atoms with van der Waals surface area (Å²) in [7, 11) is -2.29. The van der Waals surface area contributed by atoms with Crippen LogP contribution in [-0.2, 0) is 17.1 Å². The van der Waals surface area contributed by atoms with E-state index in [4.69, 9.17) is 6.57 Å². The van der Waals surface area contributed by atoms with Gasteiger partial charge in [0.25, 0.3) is 12.1 Å². The molecule has 0 atom stereocenters. The van der Waals surface area contributed by atoms with Gasteiger partial charge in [-0.2, -0.15) is 5.10 Å². The van der Waals surface area contributed by atoms with Crippen LogP contribution in [0.15, 0.2) is 17.0 Å². The Morgan fingerprint density at radius 1 is 1.27 bits per heavy atom. The van der Waals surface area contributed by atoms with Gasteiger partial charge in [0.05, 0.1) is 28.9 Å². The summed E-state index contributed by atoms with van der Waals surface area (Å²) in [4.78, 5) is 5.50. The summed E-state index contributed by atoms with van der Waals surface area (Å²) in [6.45, 7) is 10.1. The average Bonchev–Trinajstić information content (AvgIpc) is 3.23. The van der Waals surface area contributed by atoms with E-state index in [0.29, 0.717) is 42.5 Å². The fourth-order valence-corrected chi connectivity index (χ4v) is 6.02. The number of anilines is 1. The molecule has 0 unspecified atom stereocenters. The minimum Gasteiger partial charge on any atom is -0.367 e. The van der Waals surface area contributed by atoms with Crippen molar-refractivity contribution < 1.29 is 17.2 Å². The number of aryl methyl sites for hydroxylation is 1. The minimum atomic E-state index is -4.01. The first-order valence-corrected chi connectivity index (χ1v) is 12.5. The van der Waals surface area contributed by atoms with Gasteiger partial charge in [0.1, 0.15) is 5.69 Å². The minimum absolute atomic E-state index is 0.00805. The lowest BCUT2D eigenvalue weighted by Gasteiger charge is -2.30. The van der Waals surface area contributed by atoms with E-state index < -0.39 is 27.1 Å². The molecule has 5 rings (SSSR count). The van der Waals surface area contributed by atoms with E-state index in [1.165, 1.54) is 6.07 Å². The molecule has 1 aliphatic carbocycles. The molecule has 1 saturated carbocycles. The van der Waals surface area contributed by atoms with Crippen LogP contribution in [0.4, 0.5) is 14.5 Å². The third-order valence-corrected chi connectivity index (χ3v) is 8.19. The van der Waals surface area contributed by atoms with Gasteiger partial charge in [-0.25, -0.2) is 23.8 Å². The molecular formula is C19H20F2N8O2S2. The van der Waals surface area contributed by atoms with Crippen molar-refractivity contribution in [1.82, 2.24) is 30.0 Å². The van der Waals surface area contributed by atoms with Crippen LogP contribution in [0.1, 0.15) is 24.3 Å². The number of nitrogens with one attached hydrogen (secondary N) is 2. The first-order chi connectivity index (χ1) is 15.7. The topological polar surface area (TPSA) is 109 Å². The van der Waals surface area contributed by atoms with Gasteiger partial charge in [-0.05, 0) is 12.1 Å². The van der Waals surface area contributed by atoms with Gasteiger partial charge < -0.3 is 10.2 Å². The molecule has 14 heteroatoms. The molecule has 0 amide bonds. The van der Waals surface area contributed by atoms with Crippen molar-refractivity contribution in [2.75, 3.05) is 31.1 Å². The van der Waals surface area contributed by atoms with E-state index in [0.717, 1.165) is 24.4 Å². The Kier molecular flexibility index (Phi) is 5.31. The van der Waals surface area contributed by atoms with E-state index >= 15 is 0 Å². The predicted molar refractivity (Wildman–Crippen MR) is 119 cm³/mol. The molecular weight excluding hydrogens is 474 g/mol. The predicted octanol–water partition coefficient (Wildman–Crippen LogP) is 2.13. The average molecular weight is 495 g/mol. The second-order valence-electron chi connectivity index (χ2n) is 8.04. The molecule has 10 nitrogen and oxygen atoms in total. The van der Waals surface area contributed by atoms with Crippen molar-refractivity contribution in [3.8, 4) is 10.7 Å². The fourth-order valence-electron chi connectivity index (χ4n) is 3.91. The van der Waals surface area contributed by atoms with Crippen molar-refractivity contribution in [2.24, 2.45) is 7.05 Å². The van der Waals surface area contributed by atoms with Gasteiger partial charge in [-0.1, -0.05) is 11.3 Å². The maximum Gasteiger partial charge on any atom is 0.299 e. The number of hydrogen-bond donors (Lipinski definition) is 2. The molecule has 33 heavy (non-hydrogen) atoms. The van der Waals surface area contributed by atoms with E-state index in [-0.39, 0.29) is 15.6 Å². The highest BCUT2D eigenvalue weighted by atomic mass is 32.2. The normalized spacial score (nSPS) is 18.1. The van der Waals surface area contributed by atoms with Crippen molar-refractivity contribution >= 4 is 38.0 Å². The molecule has 0 spiro atoms. The Balaban J connectivity index is 1.70. The fraction of sp³-hybridized carbons (Fsp3) is 0.474. The number of hydrogen-bond acceptors (Lipinski definition) is 8. The zero-order valence-corrected chi connectivity index (χ0v) is 19.2. The monoisotopic (exact) mass is 494 g/mol. The molecule has 2 fully saturated rings. The largest absolute Gasteiger partial charge is 0.367 e. The number of benzene rings is 1. The summed E-state index contributed by atoms with van der Waals surface area (Å²) >= 11 is 0.724. The molecule has 0 bridgehead atoms. The summed E-state index contributed by atoms with van der Waals surface area (Å²) in [5.74, 6) is 0. The van der Waals surface area contributed by atoms with E-state index in [1.807, 2.05) is 0 Å². The Morgan fingerprint density at radius 2 is 2.00 bits per heavy atom. The summed E-state index contributed by atoms with van der Waals surface area (Å²) in [6, 6.07) is 3.06. The quantitative estimate of drug-likeness (QED) is 0.505. The smallest absolute Gasteiger partial charge is 0.299 e. The van der Waals surface area contributed by atoms with Gasteiger partial charge in [0.15, 0.2) is 10.0 Å². The highest BCUT2D eigenvalue weighted by molar-refractivity contribution is 7.89. The lowest BCUT2D eigenvalue weighted by atomic mass is 10.1. The summed E-state index contributed by atoms with van der Waals surface area (Å²) in [6.07, 6.45) is -1.84. The first kappa shape index (κ1) is 22.1. The molecule has 1 aliphatic heterocycles. The number of sulfonamides is 1. The Morgan fingerprint density at radius 3 is 2.61 bits per heavy atom. The summed E-state index contributed by atoms with van der Waals surface area (Å²) in [5, 5.41) is 15.4. The second-order valence-corrected chi connectivity index (χ2v) is 10.7. The van der Waals surface area contributed by atoms with Gasteiger partial charge in [-0.3, -0.25) is 9.53 Å². The molecule has 1 saturated heterocycles. The molecule has 2 N–H and O–H groups in total. The molecule has 0 radical (unpaired) electrons. The van der Waals surface area contributed by atoms with Crippen molar-refractivity contribution in [1.29, 1.82) is 0 Å². The van der Waals surface area contributed by atoms with Gasteiger partial charge in [-0.15, -0.1) is 14.9 Å². The zero-order chi connectivity index (χ0) is 23.4. The number of alkyl halides is 2. The number of halogens is 2. The SMILES string of the molecule is [C-]#[N+]C1(NS(=O)(=O)c2cc(N3CCNCC3)c3c(c2)c(-c2nnc(C(F)F)s2)nn3C)CC1. The van der Waals surface area contributed by atoms with E-state index in [1.54, 1.807) is 17.8 Å². The van der Waals surface area contributed by atoms with Crippen molar-refractivity contribution in [2.45, 2.75) is 29.8 Å². The molecule has 3 aromatic rings. The lowest BCUT2D eigenvalue weighted by Crippen LogP contribution is -2.43. The highest BCUT2D eigenvalue weighted by Crippen LogP contribution is 2.41. The maximum absolute atomic E-state index is 13.2. The van der Waals surface area contributed by atoms with E-state index in [2.05, 4.69) is 35.1 Å². The van der Waals surface area contributed by atoms with Gasteiger partial charge >= 0.3 is 0 Å². The molecule has 1 aromatic carbocycles.